The van der Waals surface area contributed by atoms with Crippen LogP contribution in [0.5, 0.6) is 0 Å². The van der Waals surface area contributed by atoms with Gasteiger partial charge in [-0.2, -0.15) is 13.2 Å². The monoisotopic (exact) mass is 370 g/mol. The van der Waals surface area contributed by atoms with E-state index in [1.54, 1.807) is 0 Å². The SMILES string of the molecule is CC(OC(=O)N1CCC2(CCCN2Cc2ccccc2)CC1)C(F)(F)F. The van der Waals surface area contributed by atoms with Gasteiger partial charge in [0.05, 0.1) is 0 Å². The third-order valence-corrected chi connectivity index (χ3v) is 5.65. The molecule has 7 heteroatoms. The standard InChI is InChI=1S/C19H25F3N2O2/c1-15(19(20,21)22)26-17(25)23-12-9-18(10-13-23)8-5-11-24(18)14-16-6-3-2-4-7-16/h2-4,6-7,15H,5,8-14H2,1H3. The Bertz CT molecular complexity index is 613. The van der Waals surface area contributed by atoms with Crippen LogP contribution >= 0.6 is 0 Å². The van der Waals surface area contributed by atoms with Crippen molar-refractivity contribution in [3.63, 3.8) is 0 Å². The first-order valence-corrected chi connectivity index (χ1v) is 9.11. The van der Waals surface area contributed by atoms with E-state index in [1.165, 1.54) is 10.5 Å². The predicted octanol–water partition coefficient (Wildman–Crippen LogP) is 4.20. The number of piperidine rings is 1. The lowest BCUT2D eigenvalue weighted by atomic mass is 9.85. The summed E-state index contributed by atoms with van der Waals surface area (Å²) in [6.07, 6.45) is -3.73. The minimum absolute atomic E-state index is 0.0439. The molecular formula is C19H25F3N2O2. The lowest BCUT2D eigenvalue weighted by molar-refractivity contribution is -0.200. The van der Waals surface area contributed by atoms with Crippen LogP contribution in [0, 0.1) is 0 Å². The van der Waals surface area contributed by atoms with Gasteiger partial charge in [0.2, 0.25) is 0 Å². The Morgan fingerprint density at radius 1 is 1.15 bits per heavy atom. The normalized spacial score (nSPS) is 21.8. The third-order valence-electron chi connectivity index (χ3n) is 5.65. The Labute approximate surface area is 151 Å². The Balaban J connectivity index is 1.57. The summed E-state index contributed by atoms with van der Waals surface area (Å²) in [5, 5.41) is 0. The largest absolute Gasteiger partial charge is 0.437 e. The average molecular weight is 370 g/mol. The number of hydrogen-bond donors (Lipinski definition) is 0. The van der Waals surface area contributed by atoms with Gasteiger partial charge in [-0.15, -0.1) is 0 Å². The molecule has 2 aliphatic rings. The summed E-state index contributed by atoms with van der Waals surface area (Å²) in [5.74, 6) is 0. The molecule has 0 saturated carbocycles. The Hall–Kier alpha value is -1.76. The molecule has 0 bridgehead atoms. The summed E-state index contributed by atoms with van der Waals surface area (Å²) in [4.78, 5) is 15.9. The molecular weight excluding hydrogens is 345 g/mol. The van der Waals surface area contributed by atoms with E-state index < -0.39 is 18.4 Å². The average Bonchev–Trinajstić information content (AvgIpc) is 2.97. The molecule has 0 aliphatic carbocycles. The van der Waals surface area contributed by atoms with Gasteiger partial charge in [0, 0.05) is 25.2 Å². The molecule has 0 radical (unpaired) electrons. The second kappa shape index (κ2) is 7.47. The fourth-order valence-electron chi connectivity index (χ4n) is 4.01. The fraction of sp³-hybridized carbons (Fsp3) is 0.632. The number of nitrogens with zero attached hydrogens (tertiary/aromatic N) is 2. The van der Waals surface area contributed by atoms with Crippen LogP contribution in [-0.2, 0) is 11.3 Å². The van der Waals surface area contributed by atoms with E-state index in [-0.39, 0.29) is 5.54 Å². The van der Waals surface area contributed by atoms with Crippen LogP contribution in [0.4, 0.5) is 18.0 Å². The zero-order valence-corrected chi connectivity index (χ0v) is 15.0. The quantitative estimate of drug-likeness (QED) is 0.799. The molecule has 4 nitrogen and oxygen atoms in total. The summed E-state index contributed by atoms with van der Waals surface area (Å²) < 4.78 is 42.3. The molecule has 0 N–H and O–H groups in total. The van der Waals surface area contributed by atoms with Crippen molar-refractivity contribution in [2.24, 2.45) is 0 Å². The third kappa shape index (κ3) is 4.14. The van der Waals surface area contributed by atoms with Crippen molar-refractivity contribution in [1.29, 1.82) is 0 Å². The second-order valence-corrected chi connectivity index (χ2v) is 7.29. The van der Waals surface area contributed by atoms with E-state index in [4.69, 9.17) is 0 Å². The summed E-state index contributed by atoms with van der Waals surface area (Å²) in [5.41, 5.74) is 1.30. The molecule has 1 atom stereocenters. The van der Waals surface area contributed by atoms with Crippen molar-refractivity contribution in [2.75, 3.05) is 19.6 Å². The number of rotatable bonds is 3. The van der Waals surface area contributed by atoms with Crippen molar-refractivity contribution < 1.29 is 22.7 Å². The maximum absolute atomic E-state index is 12.6. The van der Waals surface area contributed by atoms with Crippen LogP contribution in [0.15, 0.2) is 30.3 Å². The number of halogens is 3. The van der Waals surface area contributed by atoms with Crippen molar-refractivity contribution >= 4 is 6.09 Å². The van der Waals surface area contributed by atoms with Crippen LogP contribution in [0.25, 0.3) is 0 Å². The summed E-state index contributed by atoms with van der Waals surface area (Å²) in [7, 11) is 0. The van der Waals surface area contributed by atoms with Crippen molar-refractivity contribution in [2.45, 2.75) is 57.0 Å². The number of hydrogen-bond acceptors (Lipinski definition) is 3. The molecule has 2 saturated heterocycles. The van der Waals surface area contributed by atoms with E-state index in [0.29, 0.717) is 13.1 Å². The minimum Gasteiger partial charge on any atom is -0.437 e. The van der Waals surface area contributed by atoms with Crippen molar-refractivity contribution in [3.8, 4) is 0 Å². The Morgan fingerprint density at radius 3 is 2.42 bits per heavy atom. The number of carbonyl (C=O) groups excluding carboxylic acids is 1. The molecule has 2 heterocycles. The van der Waals surface area contributed by atoms with Gasteiger partial charge in [-0.1, -0.05) is 30.3 Å². The van der Waals surface area contributed by atoms with Crippen LogP contribution < -0.4 is 0 Å². The zero-order chi connectivity index (χ0) is 18.8. The predicted molar refractivity (Wildman–Crippen MR) is 91.6 cm³/mol. The highest BCUT2D eigenvalue weighted by Crippen LogP contribution is 2.39. The molecule has 1 unspecified atom stereocenters. The summed E-state index contributed by atoms with van der Waals surface area (Å²) >= 11 is 0. The van der Waals surface area contributed by atoms with Gasteiger partial charge >= 0.3 is 12.3 Å². The highest BCUT2D eigenvalue weighted by atomic mass is 19.4. The van der Waals surface area contributed by atoms with Gasteiger partial charge in [-0.05, 0) is 44.7 Å². The number of ether oxygens (including phenoxy) is 1. The highest BCUT2D eigenvalue weighted by Gasteiger charge is 2.45. The van der Waals surface area contributed by atoms with Gasteiger partial charge in [-0.25, -0.2) is 4.79 Å². The molecule has 1 amide bonds. The van der Waals surface area contributed by atoms with Crippen molar-refractivity contribution in [1.82, 2.24) is 9.80 Å². The van der Waals surface area contributed by atoms with Gasteiger partial charge in [0.25, 0.3) is 0 Å². The van der Waals surface area contributed by atoms with E-state index >= 15 is 0 Å². The van der Waals surface area contributed by atoms with Crippen LogP contribution in [0.1, 0.15) is 38.2 Å². The Kier molecular flexibility index (Phi) is 5.46. The van der Waals surface area contributed by atoms with Gasteiger partial charge in [-0.3, -0.25) is 4.90 Å². The van der Waals surface area contributed by atoms with Gasteiger partial charge in [0.15, 0.2) is 6.10 Å². The molecule has 26 heavy (non-hydrogen) atoms. The molecule has 2 aliphatic heterocycles. The molecule has 1 aromatic rings. The number of carbonyl (C=O) groups is 1. The van der Waals surface area contributed by atoms with E-state index in [2.05, 4.69) is 21.8 Å². The number of alkyl halides is 3. The molecule has 1 spiro atoms. The van der Waals surface area contributed by atoms with Crippen molar-refractivity contribution in [3.05, 3.63) is 35.9 Å². The maximum Gasteiger partial charge on any atom is 0.425 e. The number of amides is 1. The molecule has 1 aromatic carbocycles. The van der Waals surface area contributed by atoms with E-state index in [9.17, 15) is 18.0 Å². The van der Waals surface area contributed by atoms with E-state index in [0.717, 1.165) is 45.7 Å². The minimum atomic E-state index is -4.52. The number of likely N-dealkylation sites (tertiary alicyclic amines) is 2. The first-order valence-electron chi connectivity index (χ1n) is 9.11. The Morgan fingerprint density at radius 2 is 1.81 bits per heavy atom. The lowest BCUT2D eigenvalue weighted by Gasteiger charge is -2.45. The van der Waals surface area contributed by atoms with Gasteiger partial charge in [0.1, 0.15) is 0 Å². The van der Waals surface area contributed by atoms with Gasteiger partial charge < -0.3 is 9.64 Å². The topological polar surface area (TPSA) is 32.8 Å². The molecule has 144 valence electrons. The first-order chi connectivity index (χ1) is 12.3. The fourth-order valence-corrected chi connectivity index (χ4v) is 4.01. The maximum atomic E-state index is 12.6. The molecule has 2 fully saturated rings. The summed E-state index contributed by atoms with van der Waals surface area (Å²) in [6.45, 7) is 3.63. The smallest absolute Gasteiger partial charge is 0.425 e. The number of benzene rings is 1. The van der Waals surface area contributed by atoms with Crippen LogP contribution in [0.2, 0.25) is 0 Å². The second-order valence-electron chi connectivity index (χ2n) is 7.29. The highest BCUT2D eigenvalue weighted by molar-refractivity contribution is 5.68. The molecule has 3 rings (SSSR count). The van der Waals surface area contributed by atoms with Crippen LogP contribution in [-0.4, -0.2) is 53.3 Å². The van der Waals surface area contributed by atoms with E-state index in [1.807, 2.05) is 18.2 Å². The first kappa shape index (κ1) is 19.0. The lowest BCUT2D eigenvalue weighted by Crippen LogP contribution is -2.53. The summed E-state index contributed by atoms with van der Waals surface area (Å²) in [6, 6.07) is 10.3. The van der Waals surface area contributed by atoms with Crippen LogP contribution in [0.3, 0.4) is 0 Å². The molecule has 0 aromatic heterocycles. The zero-order valence-electron chi connectivity index (χ0n) is 15.0.